The lowest BCUT2D eigenvalue weighted by molar-refractivity contribution is -0.141. The van der Waals surface area contributed by atoms with Gasteiger partial charge in [-0.15, -0.1) is 0 Å². The van der Waals surface area contributed by atoms with Crippen molar-refractivity contribution < 1.29 is 23.1 Å². The Balaban J connectivity index is 1.59. The number of hydrogen-bond donors (Lipinski definition) is 2. The lowest BCUT2D eigenvalue weighted by Gasteiger charge is -2.26. The summed E-state index contributed by atoms with van der Waals surface area (Å²) in [7, 11) is -2.88. The first-order chi connectivity index (χ1) is 9.93. The van der Waals surface area contributed by atoms with E-state index in [0.717, 1.165) is 5.56 Å². The highest BCUT2D eigenvalue weighted by atomic mass is 32.2. The van der Waals surface area contributed by atoms with Crippen LogP contribution in [-0.4, -0.2) is 43.6 Å². The number of rotatable bonds is 4. The third-order valence-corrected chi connectivity index (χ3v) is 5.70. The molecule has 2 atom stereocenters. The third-order valence-electron chi connectivity index (χ3n) is 3.94. The van der Waals surface area contributed by atoms with Gasteiger partial charge in [-0.1, -0.05) is 12.1 Å². The minimum atomic E-state index is -2.88. The molecule has 2 fully saturated rings. The molecule has 0 amide bonds. The van der Waals surface area contributed by atoms with Gasteiger partial charge in [0.05, 0.1) is 17.4 Å². The summed E-state index contributed by atoms with van der Waals surface area (Å²) in [5.74, 6) is -0.299. The zero-order chi connectivity index (χ0) is 15.0. The van der Waals surface area contributed by atoms with E-state index in [2.05, 4.69) is 5.32 Å². The Kier molecular flexibility index (Phi) is 3.62. The molecule has 6 nitrogen and oxygen atoms in total. The Morgan fingerprint density at radius 3 is 2.43 bits per heavy atom. The van der Waals surface area contributed by atoms with Crippen LogP contribution in [0, 0.1) is 5.92 Å². The van der Waals surface area contributed by atoms with Crippen molar-refractivity contribution in [2.75, 3.05) is 18.1 Å². The Morgan fingerprint density at radius 1 is 1.24 bits per heavy atom. The fourth-order valence-corrected chi connectivity index (χ4v) is 3.91. The van der Waals surface area contributed by atoms with Crippen LogP contribution in [0.5, 0.6) is 5.75 Å². The van der Waals surface area contributed by atoms with Gasteiger partial charge in [0.25, 0.3) is 0 Å². The molecule has 2 saturated heterocycles. The summed E-state index contributed by atoms with van der Waals surface area (Å²) in [5.41, 5.74) is 1.02. The second kappa shape index (κ2) is 5.31. The summed E-state index contributed by atoms with van der Waals surface area (Å²) in [5, 5.41) is 12.2. The van der Waals surface area contributed by atoms with Gasteiger partial charge >= 0.3 is 5.97 Å². The second-order valence-electron chi connectivity index (χ2n) is 5.62. The van der Waals surface area contributed by atoms with Crippen molar-refractivity contribution in [3.05, 3.63) is 29.8 Å². The normalized spacial score (nSPS) is 28.0. The summed E-state index contributed by atoms with van der Waals surface area (Å²) >= 11 is 0. The van der Waals surface area contributed by atoms with Crippen molar-refractivity contribution in [1.82, 2.24) is 5.32 Å². The molecule has 2 N–H and O–H groups in total. The molecule has 2 aliphatic rings. The van der Waals surface area contributed by atoms with E-state index in [0.29, 0.717) is 18.7 Å². The number of carboxylic acid groups (broad SMARTS) is 1. The smallest absolute Gasteiger partial charge is 0.307 e. The molecule has 2 aliphatic heterocycles. The maximum Gasteiger partial charge on any atom is 0.307 e. The van der Waals surface area contributed by atoms with Crippen LogP contribution in [0.15, 0.2) is 24.3 Å². The third kappa shape index (κ3) is 3.19. The number of aliphatic carboxylic acids is 1. The molecule has 0 radical (unpaired) electrons. The highest BCUT2D eigenvalue weighted by molar-refractivity contribution is 7.92. The van der Waals surface area contributed by atoms with E-state index in [1.807, 2.05) is 12.1 Å². The van der Waals surface area contributed by atoms with Crippen LogP contribution in [0.1, 0.15) is 18.0 Å². The minimum Gasteiger partial charge on any atom is -0.488 e. The molecule has 0 spiro atoms. The van der Waals surface area contributed by atoms with E-state index in [4.69, 9.17) is 9.84 Å². The topological polar surface area (TPSA) is 92.7 Å². The van der Waals surface area contributed by atoms with Gasteiger partial charge in [0.15, 0.2) is 9.84 Å². The molecule has 3 rings (SSSR count). The van der Waals surface area contributed by atoms with Gasteiger partial charge in [-0.3, -0.25) is 4.79 Å². The first kappa shape index (κ1) is 14.3. The van der Waals surface area contributed by atoms with Gasteiger partial charge < -0.3 is 15.2 Å². The molecule has 1 aromatic carbocycles. The number of sulfone groups is 1. The molecule has 7 heteroatoms. The van der Waals surface area contributed by atoms with Crippen molar-refractivity contribution in [3.63, 3.8) is 0 Å². The summed E-state index contributed by atoms with van der Waals surface area (Å²) in [6, 6.07) is 7.44. The Hall–Kier alpha value is -1.60. The Morgan fingerprint density at radius 2 is 1.90 bits per heavy atom. The minimum absolute atomic E-state index is 0.0456. The van der Waals surface area contributed by atoms with Gasteiger partial charge in [0.1, 0.15) is 11.9 Å². The molecule has 0 bridgehead atoms. The number of ether oxygens (including phenoxy) is 1. The molecular formula is C14H17NO5S. The number of hydrogen-bond acceptors (Lipinski definition) is 5. The lowest BCUT2D eigenvalue weighted by atomic mass is 10.0. The fraction of sp³-hybridized carbons (Fsp3) is 0.500. The van der Waals surface area contributed by atoms with Crippen LogP contribution in [0.3, 0.4) is 0 Å². The quantitative estimate of drug-likeness (QED) is 0.846. The van der Waals surface area contributed by atoms with E-state index >= 15 is 0 Å². The highest BCUT2D eigenvalue weighted by Gasteiger charge is 2.35. The van der Waals surface area contributed by atoms with E-state index in [1.165, 1.54) is 0 Å². The summed E-state index contributed by atoms with van der Waals surface area (Å²) in [4.78, 5) is 10.9. The van der Waals surface area contributed by atoms with Crippen LogP contribution in [0.2, 0.25) is 0 Å². The maximum atomic E-state index is 11.1. The number of carbonyl (C=O) groups is 1. The van der Waals surface area contributed by atoms with Gasteiger partial charge in [0, 0.05) is 12.6 Å². The Bertz CT molecular complexity index is 628. The fourth-order valence-electron chi connectivity index (χ4n) is 2.73. The van der Waals surface area contributed by atoms with Crippen molar-refractivity contribution >= 4 is 15.8 Å². The highest BCUT2D eigenvalue weighted by Crippen LogP contribution is 2.29. The molecule has 0 aliphatic carbocycles. The molecule has 1 aromatic rings. The molecule has 0 aromatic heterocycles. The van der Waals surface area contributed by atoms with Gasteiger partial charge in [-0.25, -0.2) is 8.42 Å². The zero-order valence-corrected chi connectivity index (χ0v) is 12.2. The summed E-state index contributed by atoms with van der Waals surface area (Å²) < 4.78 is 27.7. The van der Waals surface area contributed by atoms with Crippen LogP contribution in [0.25, 0.3) is 0 Å². The SMILES string of the molecule is O=C(O)C1CNC(c2ccc(OC3CS(=O)(=O)C3)cc2)C1. The van der Waals surface area contributed by atoms with Crippen molar-refractivity contribution in [1.29, 1.82) is 0 Å². The molecule has 114 valence electrons. The average molecular weight is 311 g/mol. The van der Waals surface area contributed by atoms with E-state index in [9.17, 15) is 13.2 Å². The van der Waals surface area contributed by atoms with E-state index in [-0.39, 0.29) is 29.6 Å². The number of carboxylic acids is 1. The van der Waals surface area contributed by atoms with E-state index < -0.39 is 15.8 Å². The standard InChI is InChI=1S/C14H17NO5S/c16-14(17)10-5-13(15-6-10)9-1-3-11(4-2-9)20-12-7-21(18,19)8-12/h1-4,10,12-13,15H,5-8H2,(H,16,17). The summed E-state index contributed by atoms with van der Waals surface area (Å²) in [6.07, 6.45) is 0.331. The monoisotopic (exact) mass is 311 g/mol. The van der Waals surface area contributed by atoms with Crippen molar-refractivity contribution in [3.8, 4) is 5.75 Å². The number of benzene rings is 1. The molecule has 2 unspecified atom stereocenters. The van der Waals surface area contributed by atoms with Crippen LogP contribution in [-0.2, 0) is 14.6 Å². The summed E-state index contributed by atoms with van der Waals surface area (Å²) in [6.45, 7) is 0.484. The van der Waals surface area contributed by atoms with Gasteiger partial charge in [-0.05, 0) is 24.1 Å². The van der Waals surface area contributed by atoms with Crippen molar-refractivity contribution in [2.45, 2.75) is 18.6 Å². The molecule has 0 saturated carbocycles. The first-order valence-corrected chi connectivity index (χ1v) is 8.68. The average Bonchev–Trinajstić information content (AvgIpc) is 2.87. The van der Waals surface area contributed by atoms with Crippen molar-refractivity contribution in [2.24, 2.45) is 5.92 Å². The van der Waals surface area contributed by atoms with Crippen LogP contribution >= 0.6 is 0 Å². The van der Waals surface area contributed by atoms with Gasteiger partial charge in [-0.2, -0.15) is 0 Å². The molecular weight excluding hydrogens is 294 g/mol. The maximum absolute atomic E-state index is 11.1. The largest absolute Gasteiger partial charge is 0.488 e. The lowest BCUT2D eigenvalue weighted by Crippen LogP contribution is -2.45. The zero-order valence-electron chi connectivity index (χ0n) is 11.4. The number of nitrogens with one attached hydrogen (secondary N) is 1. The predicted octanol–water partition coefficient (Wildman–Crippen LogP) is 0.598. The van der Waals surface area contributed by atoms with Gasteiger partial charge in [0.2, 0.25) is 0 Å². The molecule has 2 heterocycles. The van der Waals surface area contributed by atoms with Crippen LogP contribution < -0.4 is 10.1 Å². The van der Waals surface area contributed by atoms with Crippen LogP contribution in [0.4, 0.5) is 0 Å². The van der Waals surface area contributed by atoms with E-state index in [1.54, 1.807) is 12.1 Å². The second-order valence-corrected chi connectivity index (χ2v) is 7.77. The predicted molar refractivity (Wildman–Crippen MR) is 76.0 cm³/mol. The Labute approximate surface area is 123 Å². The first-order valence-electron chi connectivity index (χ1n) is 6.86. The molecule has 21 heavy (non-hydrogen) atoms.